The van der Waals surface area contributed by atoms with Crippen LogP contribution >= 0.6 is 11.3 Å². The number of aliphatic hydroxyl groups excluding tert-OH is 1. The minimum atomic E-state index is -0.865. The van der Waals surface area contributed by atoms with Crippen molar-refractivity contribution in [3.05, 3.63) is 112 Å². The summed E-state index contributed by atoms with van der Waals surface area (Å²) in [5.41, 5.74) is 9.97. The number of ether oxygens (including phenoxy) is 1. The van der Waals surface area contributed by atoms with E-state index < -0.39 is 29.4 Å². The molecule has 1 unspecified atom stereocenters. The maximum absolute atomic E-state index is 14.0. The number of benzene rings is 3. The lowest BCUT2D eigenvalue weighted by Crippen LogP contribution is -2.50. The highest BCUT2D eigenvalue weighted by atomic mass is 32.1. The second-order valence-corrected chi connectivity index (χ2v) is 21.0. The SMILES string of the molecule is Cc1ccc(C(=O)N[C@@H]2CCc3ccc(-c4cn5c(n4)CCC5)cc32)cc1OCCCNC(=O)CCCCC(=O)N=CC(C(=O)N1C[C@H](O)C[C@H]1C(=O)NCc1ccc(-c2scnc2C)cc1)C(C)(C)C. The fraction of sp³-hybridized carbons (Fsp3) is 0.455. The minimum Gasteiger partial charge on any atom is -0.493 e. The van der Waals surface area contributed by atoms with E-state index in [1.165, 1.54) is 16.7 Å². The molecule has 0 radical (unpaired) electrons. The summed E-state index contributed by atoms with van der Waals surface area (Å²) in [4.78, 5) is 82.3. The van der Waals surface area contributed by atoms with Crippen LogP contribution in [0, 0.1) is 25.2 Å². The number of aromatic nitrogens is 3. The Morgan fingerprint density at radius 3 is 2.51 bits per heavy atom. The second-order valence-electron chi connectivity index (χ2n) is 20.2. The van der Waals surface area contributed by atoms with Gasteiger partial charge >= 0.3 is 0 Å². The van der Waals surface area contributed by atoms with E-state index in [-0.39, 0.29) is 62.0 Å². The zero-order chi connectivity index (χ0) is 50.2. The van der Waals surface area contributed by atoms with Crippen LogP contribution in [0.15, 0.2) is 77.4 Å². The zero-order valence-corrected chi connectivity index (χ0v) is 42.3. The van der Waals surface area contributed by atoms with Gasteiger partial charge in [-0.15, -0.1) is 11.3 Å². The van der Waals surface area contributed by atoms with Gasteiger partial charge in [-0.05, 0) is 104 Å². The summed E-state index contributed by atoms with van der Waals surface area (Å²) in [6.07, 6.45) is 8.49. The molecule has 5 aromatic rings. The minimum absolute atomic E-state index is 0.00452. The quantitative estimate of drug-likeness (QED) is 0.0475. The molecule has 2 aliphatic heterocycles. The Balaban J connectivity index is 0.729. The zero-order valence-electron chi connectivity index (χ0n) is 41.5. The van der Waals surface area contributed by atoms with Crippen molar-refractivity contribution in [1.82, 2.24) is 35.4 Å². The van der Waals surface area contributed by atoms with Crippen molar-refractivity contribution in [2.45, 2.75) is 130 Å². The third-order valence-electron chi connectivity index (χ3n) is 13.7. The van der Waals surface area contributed by atoms with Gasteiger partial charge in [0.25, 0.3) is 5.91 Å². The highest BCUT2D eigenvalue weighted by molar-refractivity contribution is 7.13. The van der Waals surface area contributed by atoms with Crippen molar-refractivity contribution in [3.8, 4) is 27.4 Å². The topological polar surface area (TPSA) is 197 Å². The van der Waals surface area contributed by atoms with E-state index >= 15 is 0 Å². The van der Waals surface area contributed by atoms with E-state index in [9.17, 15) is 29.1 Å². The number of carbonyl (C=O) groups is 5. The number of rotatable bonds is 19. The average molecular weight is 983 g/mol. The van der Waals surface area contributed by atoms with Gasteiger partial charge in [-0.1, -0.05) is 63.2 Å². The van der Waals surface area contributed by atoms with Gasteiger partial charge in [0, 0.05) is 75.4 Å². The molecule has 1 saturated heterocycles. The lowest BCUT2D eigenvalue weighted by atomic mass is 9.80. The molecule has 0 saturated carbocycles. The first-order valence-corrected chi connectivity index (χ1v) is 25.8. The molecule has 0 spiro atoms. The molecule has 2 aromatic heterocycles. The molecule has 4 atom stereocenters. The monoisotopic (exact) mass is 982 g/mol. The molecule has 8 rings (SSSR count). The number of aliphatic imine (C=N–C) groups is 1. The lowest BCUT2D eigenvalue weighted by Gasteiger charge is -2.32. The summed E-state index contributed by atoms with van der Waals surface area (Å²) in [5.74, 6) is -0.486. The Morgan fingerprint density at radius 2 is 1.75 bits per heavy atom. The fourth-order valence-corrected chi connectivity index (χ4v) is 10.4. The Kier molecular flexibility index (Phi) is 16.3. The van der Waals surface area contributed by atoms with Crippen LogP contribution in [0.1, 0.15) is 122 Å². The number of nitrogens with zero attached hydrogens (tertiary/aromatic N) is 5. The Labute approximate surface area is 419 Å². The number of thiazole rings is 1. The molecule has 16 heteroatoms. The van der Waals surface area contributed by atoms with Gasteiger partial charge in [0.05, 0.1) is 46.4 Å². The maximum Gasteiger partial charge on any atom is 0.251 e. The van der Waals surface area contributed by atoms with E-state index in [1.54, 1.807) is 17.4 Å². The molecule has 0 bridgehead atoms. The number of unbranched alkanes of at least 4 members (excludes halogenated alkanes) is 1. The molecule has 374 valence electrons. The van der Waals surface area contributed by atoms with Gasteiger partial charge in [-0.2, -0.15) is 0 Å². The third kappa shape index (κ3) is 12.7. The van der Waals surface area contributed by atoms with Crippen LogP contribution < -0.4 is 20.7 Å². The largest absolute Gasteiger partial charge is 0.493 e. The second kappa shape index (κ2) is 22.7. The van der Waals surface area contributed by atoms with Gasteiger partial charge < -0.3 is 35.3 Å². The number of hydrogen-bond donors (Lipinski definition) is 4. The normalized spacial score (nSPS) is 17.8. The number of hydrogen-bond acceptors (Lipinski definition) is 10. The first-order valence-electron chi connectivity index (χ1n) is 24.9. The molecule has 5 amide bonds. The fourth-order valence-electron chi connectivity index (χ4n) is 9.60. The molecular weight excluding hydrogens is 917 g/mol. The van der Waals surface area contributed by atoms with Gasteiger partial charge in [0.15, 0.2) is 0 Å². The van der Waals surface area contributed by atoms with E-state index in [0.717, 1.165) is 82.1 Å². The number of aryl methyl sites for hydroxylation is 5. The predicted molar refractivity (Wildman–Crippen MR) is 274 cm³/mol. The van der Waals surface area contributed by atoms with Crippen molar-refractivity contribution in [3.63, 3.8) is 0 Å². The van der Waals surface area contributed by atoms with Crippen LogP contribution in [-0.2, 0) is 45.1 Å². The summed E-state index contributed by atoms with van der Waals surface area (Å²) in [5, 5.41) is 19.7. The van der Waals surface area contributed by atoms with E-state index in [1.807, 2.05) is 76.5 Å². The Hall–Kier alpha value is -6.52. The van der Waals surface area contributed by atoms with Gasteiger partial charge in [-0.3, -0.25) is 24.0 Å². The predicted octanol–water partition coefficient (Wildman–Crippen LogP) is 7.64. The highest BCUT2D eigenvalue weighted by Crippen LogP contribution is 2.36. The lowest BCUT2D eigenvalue weighted by molar-refractivity contribution is -0.142. The van der Waals surface area contributed by atoms with E-state index in [0.29, 0.717) is 43.7 Å². The summed E-state index contributed by atoms with van der Waals surface area (Å²) in [7, 11) is 0. The number of amides is 5. The van der Waals surface area contributed by atoms with E-state index in [2.05, 4.69) is 54.9 Å². The molecule has 15 nitrogen and oxygen atoms in total. The first-order chi connectivity index (χ1) is 34.1. The van der Waals surface area contributed by atoms with Crippen LogP contribution in [0.25, 0.3) is 21.7 Å². The Bertz CT molecular complexity index is 2750. The number of aliphatic hydroxyl groups is 1. The van der Waals surface area contributed by atoms with E-state index in [4.69, 9.17) is 9.72 Å². The number of carbonyl (C=O) groups excluding carboxylic acids is 5. The van der Waals surface area contributed by atoms with Crippen molar-refractivity contribution >= 4 is 47.1 Å². The molecule has 4 N–H and O–H groups in total. The molecule has 71 heavy (non-hydrogen) atoms. The molecule has 4 heterocycles. The van der Waals surface area contributed by atoms with Crippen molar-refractivity contribution in [2.24, 2.45) is 16.3 Å². The van der Waals surface area contributed by atoms with Crippen molar-refractivity contribution < 1.29 is 33.8 Å². The highest BCUT2D eigenvalue weighted by Gasteiger charge is 2.43. The van der Waals surface area contributed by atoms with Crippen LogP contribution in [0.4, 0.5) is 0 Å². The number of likely N-dealkylation sites (tertiary alicyclic amines) is 1. The Morgan fingerprint density at radius 1 is 0.958 bits per heavy atom. The molecule has 3 aromatic carbocycles. The van der Waals surface area contributed by atoms with Crippen LogP contribution in [0.2, 0.25) is 0 Å². The first kappa shape index (κ1) is 50.9. The van der Waals surface area contributed by atoms with Crippen LogP contribution in [-0.4, -0.2) is 92.1 Å². The molecule has 1 fully saturated rings. The average Bonchev–Trinajstić information content (AvgIpc) is 4.20. The van der Waals surface area contributed by atoms with Crippen LogP contribution in [0.5, 0.6) is 5.75 Å². The molecule has 1 aliphatic carbocycles. The van der Waals surface area contributed by atoms with Gasteiger partial charge in [0.2, 0.25) is 23.6 Å². The summed E-state index contributed by atoms with van der Waals surface area (Å²) >= 11 is 1.57. The van der Waals surface area contributed by atoms with Gasteiger partial charge in [-0.25, -0.2) is 15.0 Å². The third-order valence-corrected chi connectivity index (χ3v) is 14.7. The number of β-amino-alcohol motifs (C(OH)–C–C–N with tert-alkyl or cyclic N) is 1. The van der Waals surface area contributed by atoms with Crippen molar-refractivity contribution in [2.75, 3.05) is 19.7 Å². The number of fused-ring (bicyclic) bond motifs is 2. The molecular formula is C55H66N8O7S. The maximum atomic E-state index is 14.0. The van der Waals surface area contributed by atoms with Gasteiger partial charge in [0.1, 0.15) is 17.6 Å². The van der Waals surface area contributed by atoms with Crippen LogP contribution in [0.3, 0.4) is 0 Å². The smallest absolute Gasteiger partial charge is 0.251 e. The number of nitrogens with one attached hydrogen (secondary N) is 3. The van der Waals surface area contributed by atoms with Crippen molar-refractivity contribution in [1.29, 1.82) is 0 Å². The molecule has 3 aliphatic rings. The number of imidazole rings is 1. The summed E-state index contributed by atoms with van der Waals surface area (Å²) in [6, 6.07) is 18.9. The summed E-state index contributed by atoms with van der Waals surface area (Å²) < 4.78 is 8.30. The summed E-state index contributed by atoms with van der Waals surface area (Å²) in [6.45, 7) is 11.5. The standard InChI is InChI=1S/C55H66N8O7S/c1-34-13-16-40(52(67)61-44-22-21-37-19-20-39(26-42(37)44)45-32-62-24-8-10-48(62)60-45)27-47(34)70-25-9-23-56-49(65)11-6-7-12-50(66)57-30-43(55(3,4)5)54(69)63-31-41(64)28-46(63)53(68)58-29-36-14-17-38(18-15-36)51-35(2)59-33-71-51/h13-20,26-27,30,32-33,41,43-44,46,64H,6-12,21-25,28-29,31H2,1-5H3,(H,56,65)(H,58,68)(H,61,67)/t41-,43?,44-,46+/m1/s1.